The minimum atomic E-state index is 0.749. The van der Waals surface area contributed by atoms with E-state index in [1.54, 1.807) is 6.33 Å². The van der Waals surface area contributed by atoms with E-state index in [0.717, 1.165) is 28.6 Å². The smallest absolute Gasteiger partial charge is 0.0998 e. The molecule has 0 fully saturated rings. The summed E-state index contributed by atoms with van der Waals surface area (Å²) in [5, 5.41) is 9.52. The largest absolute Gasteiger partial charge is 0.306 e. The summed E-state index contributed by atoms with van der Waals surface area (Å²) >= 11 is 0. The van der Waals surface area contributed by atoms with E-state index in [4.69, 9.17) is 0 Å². The van der Waals surface area contributed by atoms with Crippen molar-refractivity contribution in [2.75, 3.05) is 0 Å². The molecule has 0 spiro atoms. The van der Waals surface area contributed by atoms with Gasteiger partial charge in [-0.25, -0.2) is 4.98 Å². The Hall–Kier alpha value is -2.60. The van der Waals surface area contributed by atoms with E-state index in [1.807, 2.05) is 28.9 Å². The summed E-state index contributed by atoms with van der Waals surface area (Å²) in [5.41, 5.74) is 7.61. The van der Waals surface area contributed by atoms with Gasteiger partial charge in [0.25, 0.3) is 0 Å². The van der Waals surface area contributed by atoms with Crippen molar-refractivity contribution in [1.29, 1.82) is 5.26 Å². The van der Waals surface area contributed by atoms with Crippen molar-refractivity contribution < 1.29 is 0 Å². The van der Waals surface area contributed by atoms with Crippen LogP contribution in [0.15, 0.2) is 36.9 Å². The van der Waals surface area contributed by atoms with Crippen molar-refractivity contribution >= 4 is 5.52 Å². The quantitative estimate of drug-likeness (QED) is 0.708. The van der Waals surface area contributed by atoms with Gasteiger partial charge in [0.05, 0.1) is 29.7 Å². The predicted molar refractivity (Wildman–Crippen MR) is 84.2 cm³/mol. The molecule has 0 bridgehead atoms. The molecule has 0 radical (unpaired) electrons. The molecule has 21 heavy (non-hydrogen) atoms. The zero-order chi connectivity index (χ0) is 15.0. The summed E-state index contributed by atoms with van der Waals surface area (Å²) in [4.78, 5) is 4.14. The zero-order valence-electron chi connectivity index (χ0n) is 12.5. The lowest BCUT2D eigenvalue weighted by atomic mass is 9.89. The molecule has 0 aliphatic rings. The molecule has 104 valence electrons. The van der Waals surface area contributed by atoms with Gasteiger partial charge in [-0.15, -0.1) is 0 Å². The highest BCUT2D eigenvalue weighted by Crippen LogP contribution is 2.32. The second-order valence-electron chi connectivity index (χ2n) is 5.31. The van der Waals surface area contributed by atoms with Gasteiger partial charge >= 0.3 is 0 Å². The Labute approximate surface area is 124 Å². The van der Waals surface area contributed by atoms with Crippen molar-refractivity contribution in [2.24, 2.45) is 0 Å². The van der Waals surface area contributed by atoms with Crippen LogP contribution in [0, 0.1) is 25.2 Å². The molecule has 3 nitrogen and oxygen atoms in total. The summed E-state index contributed by atoms with van der Waals surface area (Å²) in [6.07, 6.45) is 6.55. The maximum absolute atomic E-state index is 9.52. The third-order valence-electron chi connectivity index (χ3n) is 4.21. The fourth-order valence-corrected chi connectivity index (χ4v) is 2.89. The van der Waals surface area contributed by atoms with Crippen LogP contribution in [-0.4, -0.2) is 9.38 Å². The van der Waals surface area contributed by atoms with Crippen LogP contribution in [0.5, 0.6) is 0 Å². The van der Waals surface area contributed by atoms with Crippen molar-refractivity contribution in [1.82, 2.24) is 9.38 Å². The predicted octanol–water partition coefficient (Wildman–Crippen LogP) is 4.05. The number of pyridine rings is 1. The highest BCUT2D eigenvalue weighted by Gasteiger charge is 2.14. The molecule has 0 atom stereocenters. The fraction of sp³-hybridized carbons (Fsp3) is 0.222. The van der Waals surface area contributed by atoms with Crippen LogP contribution in [0.4, 0.5) is 0 Å². The minimum Gasteiger partial charge on any atom is -0.306 e. The van der Waals surface area contributed by atoms with E-state index in [-0.39, 0.29) is 0 Å². The van der Waals surface area contributed by atoms with Crippen LogP contribution in [0.2, 0.25) is 0 Å². The molecule has 2 aromatic heterocycles. The van der Waals surface area contributed by atoms with Crippen LogP contribution in [-0.2, 0) is 6.42 Å². The minimum absolute atomic E-state index is 0.749. The molecule has 3 heteroatoms. The lowest BCUT2D eigenvalue weighted by Gasteiger charge is -2.15. The second kappa shape index (κ2) is 5.06. The molecular weight excluding hydrogens is 258 g/mol. The topological polar surface area (TPSA) is 41.1 Å². The summed E-state index contributed by atoms with van der Waals surface area (Å²) < 4.78 is 1.97. The van der Waals surface area contributed by atoms with E-state index in [9.17, 15) is 5.26 Å². The Morgan fingerprint density at radius 2 is 2.05 bits per heavy atom. The first-order valence-electron chi connectivity index (χ1n) is 7.11. The molecule has 0 unspecified atom stereocenters. The third-order valence-corrected chi connectivity index (χ3v) is 4.21. The standard InChI is InChI=1S/C18H17N3/c1-4-14-7-16(9-19)18(13(3)12(14)2)15-5-6-21-11-20-10-17(21)8-15/h5-8,10-11H,4H2,1-3H3. The summed E-state index contributed by atoms with van der Waals surface area (Å²) in [7, 11) is 0. The van der Waals surface area contributed by atoms with E-state index in [1.165, 1.54) is 16.7 Å². The molecule has 2 heterocycles. The number of hydrogen-bond donors (Lipinski definition) is 0. The Bertz CT molecular complexity index is 866. The van der Waals surface area contributed by atoms with Gasteiger partial charge in [0.1, 0.15) is 0 Å². The number of nitriles is 1. The number of rotatable bonds is 2. The second-order valence-corrected chi connectivity index (χ2v) is 5.31. The van der Waals surface area contributed by atoms with Gasteiger partial charge in [0, 0.05) is 11.8 Å². The maximum atomic E-state index is 9.52. The molecule has 3 aromatic rings. The molecule has 0 aliphatic carbocycles. The van der Waals surface area contributed by atoms with Gasteiger partial charge in [-0.3, -0.25) is 0 Å². The molecular formula is C18H17N3. The SMILES string of the molecule is CCc1cc(C#N)c(-c2ccn3cncc3c2)c(C)c1C. The van der Waals surface area contributed by atoms with Gasteiger partial charge in [-0.05, 0) is 60.7 Å². The summed E-state index contributed by atoms with van der Waals surface area (Å²) in [6, 6.07) is 8.51. The van der Waals surface area contributed by atoms with E-state index < -0.39 is 0 Å². The average molecular weight is 275 g/mol. The third kappa shape index (κ3) is 2.09. The average Bonchev–Trinajstić information content (AvgIpc) is 2.97. The molecule has 3 rings (SSSR count). The first-order chi connectivity index (χ1) is 10.2. The number of aromatic nitrogens is 2. The number of fused-ring (bicyclic) bond motifs is 1. The van der Waals surface area contributed by atoms with Gasteiger partial charge in [-0.2, -0.15) is 5.26 Å². The van der Waals surface area contributed by atoms with Gasteiger partial charge in [-0.1, -0.05) is 6.92 Å². The summed E-state index contributed by atoms with van der Waals surface area (Å²) in [6.45, 7) is 6.36. The Morgan fingerprint density at radius 1 is 1.24 bits per heavy atom. The van der Waals surface area contributed by atoms with Crippen LogP contribution >= 0.6 is 0 Å². The Kier molecular flexibility index (Phi) is 3.23. The van der Waals surface area contributed by atoms with Gasteiger partial charge in [0.2, 0.25) is 0 Å². The molecule has 0 aliphatic heterocycles. The highest BCUT2D eigenvalue weighted by atomic mass is 15.0. The summed E-state index contributed by atoms with van der Waals surface area (Å²) in [5.74, 6) is 0. The van der Waals surface area contributed by atoms with Crippen LogP contribution in [0.1, 0.15) is 29.2 Å². The molecule has 0 saturated heterocycles. The van der Waals surface area contributed by atoms with Gasteiger partial charge in [0.15, 0.2) is 0 Å². The Balaban J connectivity index is 2.30. The fourth-order valence-electron chi connectivity index (χ4n) is 2.89. The normalized spacial score (nSPS) is 10.8. The Morgan fingerprint density at radius 3 is 2.76 bits per heavy atom. The van der Waals surface area contributed by atoms with Crippen molar-refractivity contribution in [2.45, 2.75) is 27.2 Å². The number of benzene rings is 1. The van der Waals surface area contributed by atoms with Gasteiger partial charge < -0.3 is 4.40 Å². The molecule has 0 N–H and O–H groups in total. The molecule has 1 aromatic carbocycles. The maximum Gasteiger partial charge on any atom is 0.0998 e. The van der Waals surface area contributed by atoms with E-state index in [0.29, 0.717) is 0 Å². The van der Waals surface area contributed by atoms with Crippen molar-refractivity contribution in [3.05, 3.63) is 59.2 Å². The first kappa shape index (κ1) is 13.4. The number of hydrogen-bond acceptors (Lipinski definition) is 2. The monoisotopic (exact) mass is 275 g/mol. The first-order valence-corrected chi connectivity index (χ1v) is 7.11. The number of aryl methyl sites for hydroxylation is 1. The number of nitrogens with zero attached hydrogens (tertiary/aromatic N) is 3. The number of imidazole rings is 1. The van der Waals surface area contributed by atoms with E-state index >= 15 is 0 Å². The molecule has 0 saturated carbocycles. The van der Waals surface area contributed by atoms with Crippen LogP contribution < -0.4 is 0 Å². The van der Waals surface area contributed by atoms with Crippen LogP contribution in [0.3, 0.4) is 0 Å². The highest BCUT2D eigenvalue weighted by molar-refractivity contribution is 5.78. The van der Waals surface area contributed by atoms with Crippen molar-refractivity contribution in [3.8, 4) is 17.2 Å². The van der Waals surface area contributed by atoms with Crippen LogP contribution in [0.25, 0.3) is 16.6 Å². The van der Waals surface area contributed by atoms with Crippen molar-refractivity contribution in [3.63, 3.8) is 0 Å². The van der Waals surface area contributed by atoms with E-state index in [2.05, 4.69) is 37.9 Å². The molecule has 0 amide bonds. The lowest BCUT2D eigenvalue weighted by molar-refractivity contribution is 1.09. The lowest BCUT2D eigenvalue weighted by Crippen LogP contribution is -1.98. The zero-order valence-corrected chi connectivity index (χ0v) is 12.5.